The van der Waals surface area contributed by atoms with Crippen molar-refractivity contribution in [1.29, 1.82) is 0 Å². The Morgan fingerprint density at radius 2 is 2.12 bits per heavy atom. The van der Waals surface area contributed by atoms with E-state index >= 15 is 0 Å². The molecule has 6 N–H and O–H groups in total. The van der Waals surface area contributed by atoms with Crippen molar-refractivity contribution in [1.82, 2.24) is 19.7 Å². The van der Waals surface area contributed by atoms with E-state index in [0.717, 1.165) is 0 Å². The molecule has 0 aromatic carbocycles. The fourth-order valence-electron chi connectivity index (χ4n) is 1.39. The van der Waals surface area contributed by atoms with Gasteiger partial charge in [0.2, 0.25) is 5.95 Å². The quantitative estimate of drug-likeness (QED) is 0.490. The van der Waals surface area contributed by atoms with Crippen molar-refractivity contribution in [3.05, 3.63) is 6.20 Å². The maximum atomic E-state index is 9.31. The number of hydrogen-bond donors (Lipinski definition) is 4. The van der Waals surface area contributed by atoms with Crippen molar-refractivity contribution >= 4 is 22.8 Å². The Morgan fingerprint density at radius 3 is 2.81 bits per heavy atom. The van der Waals surface area contributed by atoms with E-state index in [4.69, 9.17) is 16.6 Å². The number of anilines is 2. The molecule has 0 saturated carbocycles. The molecular formula is C8H12N6O2. The molecular weight excluding hydrogens is 212 g/mol. The lowest BCUT2D eigenvalue weighted by Gasteiger charge is -2.07. The molecule has 0 aliphatic heterocycles. The van der Waals surface area contributed by atoms with E-state index in [2.05, 4.69) is 15.1 Å². The van der Waals surface area contributed by atoms with Crippen molar-refractivity contribution in [2.75, 3.05) is 18.1 Å². The van der Waals surface area contributed by atoms with Crippen molar-refractivity contribution in [3.8, 4) is 0 Å². The van der Waals surface area contributed by atoms with Crippen LogP contribution in [0.2, 0.25) is 0 Å². The Balaban J connectivity index is 2.47. The average Bonchev–Trinajstić information content (AvgIpc) is 2.61. The predicted octanol–water partition coefficient (Wildman–Crippen LogP) is -1.66. The smallest absolute Gasteiger partial charge is 0.224 e. The van der Waals surface area contributed by atoms with Crippen LogP contribution in [-0.2, 0) is 6.54 Å². The lowest BCUT2D eigenvalue weighted by Crippen LogP contribution is -2.20. The Hall–Kier alpha value is -1.93. The first-order valence-electron chi connectivity index (χ1n) is 4.65. The first-order valence-corrected chi connectivity index (χ1v) is 4.65. The summed E-state index contributed by atoms with van der Waals surface area (Å²) in [5.41, 5.74) is 11.5. The van der Waals surface area contributed by atoms with Gasteiger partial charge in [0.05, 0.1) is 30.8 Å². The summed E-state index contributed by atoms with van der Waals surface area (Å²) in [6.07, 6.45) is 0.592. The van der Waals surface area contributed by atoms with Crippen LogP contribution < -0.4 is 11.5 Å². The topological polar surface area (TPSA) is 136 Å². The molecule has 0 saturated heterocycles. The normalized spacial score (nSPS) is 13.1. The lowest BCUT2D eigenvalue weighted by molar-refractivity contribution is 0.0792. The second-order valence-electron chi connectivity index (χ2n) is 3.37. The van der Waals surface area contributed by atoms with E-state index in [9.17, 15) is 5.11 Å². The molecule has 0 radical (unpaired) electrons. The summed E-state index contributed by atoms with van der Waals surface area (Å²) in [6.45, 7) is -0.229. The van der Waals surface area contributed by atoms with Gasteiger partial charge in [0.25, 0.3) is 0 Å². The Labute approximate surface area is 90.5 Å². The van der Waals surface area contributed by atoms with E-state index in [0.29, 0.717) is 11.0 Å². The summed E-state index contributed by atoms with van der Waals surface area (Å²) in [6, 6.07) is 0. The van der Waals surface area contributed by atoms with Crippen LogP contribution in [0.1, 0.15) is 0 Å². The fraction of sp³-hybridized carbons (Fsp3) is 0.375. The van der Waals surface area contributed by atoms with Gasteiger partial charge in [0.1, 0.15) is 5.82 Å². The van der Waals surface area contributed by atoms with Gasteiger partial charge in [-0.1, -0.05) is 0 Å². The molecule has 2 aromatic rings. The minimum atomic E-state index is -0.902. The summed E-state index contributed by atoms with van der Waals surface area (Å²) in [5, 5.41) is 22.6. The zero-order valence-electron chi connectivity index (χ0n) is 8.41. The maximum absolute atomic E-state index is 9.31. The van der Waals surface area contributed by atoms with Gasteiger partial charge in [-0.05, 0) is 0 Å². The molecule has 8 heteroatoms. The second kappa shape index (κ2) is 3.91. The molecule has 2 aromatic heterocycles. The summed E-state index contributed by atoms with van der Waals surface area (Å²) in [5.74, 6) is 0.289. The Kier molecular flexibility index (Phi) is 2.59. The van der Waals surface area contributed by atoms with Crippen LogP contribution in [-0.4, -0.2) is 42.7 Å². The van der Waals surface area contributed by atoms with Crippen LogP contribution in [0.4, 0.5) is 11.8 Å². The van der Waals surface area contributed by atoms with Crippen LogP contribution in [0, 0.1) is 0 Å². The summed E-state index contributed by atoms with van der Waals surface area (Å²) in [7, 11) is 0. The molecule has 2 heterocycles. The highest BCUT2D eigenvalue weighted by Gasteiger charge is 2.12. The highest BCUT2D eigenvalue weighted by Crippen LogP contribution is 2.17. The highest BCUT2D eigenvalue weighted by atomic mass is 16.3. The Morgan fingerprint density at radius 1 is 1.38 bits per heavy atom. The van der Waals surface area contributed by atoms with E-state index in [-0.39, 0.29) is 24.9 Å². The monoisotopic (exact) mass is 224 g/mol. The van der Waals surface area contributed by atoms with Gasteiger partial charge in [-0.15, -0.1) is 0 Å². The number of hydrogen-bond acceptors (Lipinski definition) is 7. The van der Waals surface area contributed by atoms with Crippen molar-refractivity contribution in [3.63, 3.8) is 0 Å². The zero-order chi connectivity index (χ0) is 11.7. The van der Waals surface area contributed by atoms with Gasteiger partial charge >= 0.3 is 0 Å². The van der Waals surface area contributed by atoms with E-state index in [1.54, 1.807) is 0 Å². The van der Waals surface area contributed by atoms with E-state index in [1.807, 2.05) is 0 Å². The van der Waals surface area contributed by atoms with Crippen LogP contribution in [0.15, 0.2) is 6.20 Å². The molecule has 2 rings (SSSR count). The van der Waals surface area contributed by atoms with Crippen LogP contribution in [0.25, 0.3) is 11.0 Å². The van der Waals surface area contributed by atoms with Gasteiger partial charge in [-0.3, -0.25) is 0 Å². The SMILES string of the molecule is Nc1nc(N)c2cnn(CC(O)CO)c2n1. The molecule has 86 valence electrons. The van der Waals surface area contributed by atoms with Crippen LogP contribution in [0.3, 0.4) is 0 Å². The Bertz CT molecular complexity index is 510. The fourth-order valence-corrected chi connectivity index (χ4v) is 1.39. The molecule has 0 spiro atoms. The average molecular weight is 224 g/mol. The third kappa shape index (κ3) is 1.75. The van der Waals surface area contributed by atoms with E-state index in [1.165, 1.54) is 10.9 Å². The third-order valence-corrected chi connectivity index (χ3v) is 2.14. The molecule has 1 atom stereocenters. The summed E-state index contributed by atoms with van der Waals surface area (Å²) in [4.78, 5) is 7.77. The first-order chi connectivity index (χ1) is 7.61. The number of nitrogens with zero attached hydrogens (tertiary/aromatic N) is 4. The number of nitrogens with two attached hydrogens (primary N) is 2. The summed E-state index contributed by atoms with van der Waals surface area (Å²) >= 11 is 0. The third-order valence-electron chi connectivity index (χ3n) is 2.14. The molecule has 0 bridgehead atoms. The van der Waals surface area contributed by atoms with Crippen molar-refractivity contribution in [2.45, 2.75) is 12.6 Å². The number of aliphatic hydroxyl groups excluding tert-OH is 2. The van der Waals surface area contributed by atoms with E-state index < -0.39 is 6.10 Å². The van der Waals surface area contributed by atoms with Crippen LogP contribution >= 0.6 is 0 Å². The molecule has 1 unspecified atom stereocenters. The van der Waals surface area contributed by atoms with Gasteiger partial charge in [0.15, 0.2) is 5.65 Å². The molecule has 8 nitrogen and oxygen atoms in total. The van der Waals surface area contributed by atoms with Crippen molar-refractivity contribution < 1.29 is 10.2 Å². The number of nitrogen functional groups attached to an aromatic ring is 2. The maximum Gasteiger partial charge on any atom is 0.224 e. The van der Waals surface area contributed by atoms with Gasteiger partial charge in [-0.2, -0.15) is 15.1 Å². The molecule has 16 heavy (non-hydrogen) atoms. The standard InChI is InChI=1S/C8H12N6O2/c9-6-5-1-11-14(2-4(16)3-15)7(5)13-8(10)12-6/h1,4,15-16H,2-3H2,(H4,9,10,12,13). The predicted molar refractivity (Wildman–Crippen MR) is 57.2 cm³/mol. The summed E-state index contributed by atoms with van der Waals surface area (Å²) < 4.78 is 1.42. The number of rotatable bonds is 3. The number of aromatic nitrogens is 4. The molecule has 0 amide bonds. The zero-order valence-corrected chi connectivity index (χ0v) is 8.41. The number of aliphatic hydroxyl groups is 2. The molecule has 0 aliphatic rings. The molecule has 0 aliphatic carbocycles. The first kappa shape index (κ1) is 10.6. The minimum absolute atomic E-state index is 0.0465. The lowest BCUT2D eigenvalue weighted by atomic mass is 10.3. The largest absolute Gasteiger partial charge is 0.394 e. The van der Waals surface area contributed by atoms with Crippen molar-refractivity contribution in [2.24, 2.45) is 0 Å². The second-order valence-corrected chi connectivity index (χ2v) is 3.37. The van der Waals surface area contributed by atoms with Gasteiger partial charge in [-0.25, -0.2) is 4.68 Å². The minimum Gasteiger partial charge on any atom is -0.394 e. The van der Waals surface area contributed by atoms with Crippen LogP contribution in [0.5, 0.6) is 0 Å². The number of fused-ring (bicyclic) bond motifs is 1. The highest BCUT2D eigenvalue weighted by molar-refractivity contribution is 5.85. The van der Waals surface area contributed by atoms with Gasteiger partial charge < -0.3 is 21.7 Å². The molecule has 0 fully saturated rings. The van der Waals surface area contributed by atoms with Gasteiger partial charge in [0, 0.05) is 0 Å².